The molecule has 2 nitrogen and oxygen atoms in total. The first-order valence-electron chi connectivity index (χ1n) is 6.25. The maximum Gasteiger partial charge on any atom is 0.160 e. The zero-order valence-electron chi connectivity index (χ0n) is 9.98. The van der Waals surface area contributed by atoms with E-state index in [1.54, 1.807) is 0 Å². The topological polar surface area (TPSA) is 23.3 Å². The van der Waals surface area contributed by atoms with E-state index in [1.807, 2.05) is 6.07 Å². The van der Waals surface area contributed by atoms with Crippen LogP contribution in [0.1, 0.15) is 38.2 Å². The van der Waals surface area contributed by atoms with Crippen molar-refractivity contribution < 1.29 is 4.74 Å². The molecular formula is C14H20NO. The molecule has 1 saturated heterocycles. The molecule has 0 N–H and O–H groups in total. The minimum atomic E-state index is -0.337. The first kappa shape index (κ1) is 11.6. The fraction of sp³-hybridized carbons (Fsp3) is 0.571. The summed E-state index contributed by atoms with van der Waals surface area (Å²) in [6.07, 6.45) is 4.46. The molecule has 1 aromatic rings. The van der Waals surface area contributed by atoms with Crippen molar-refractivity contribution in [1.82, 2.24) is 5.32 Å². The van der Waals surface area contributed by atoms with E-state index in [4.69, 9.17) is 4.74 Å². The highest BCUT2D eigenvalue weighted by molar-refractivity contribution is 5.22. The molecule has 16 heavy (non-hydrogen) atoms. The summed E-state index contributed by atoms with van der Waals surface area (Å²) in [6.45, 7) is 3.93. The number of hydrogen-bond acceptors (Lipinski definition) is 1. The third-order valence-corrected chi connectivity index (χ3v) is 3.10. The van der Waals surface area contributed by atoms with E-state index in [0.29, 0.717) is 0 Å². The number of ether oxygens (including phenoxy) is 1. The number of benzene rings is 1. The lowest BCUT2D eigenvalue weighted by Gasteiger charge is -2.29. The fourth-order valence-electron chi connectivity index (χ4n) is 2.18. The molecule has 0 bridgehead atoms. The summed E-state index contributed by atoms with van der Waals surface area (Å²) in [6, 6.07) is 10.4. The monoisotopic (exact) mass is 218 g/mol. The molecular weight excluding hydrogens is 198 g/mol. The van der Waals surface area contributed by atoms with Gasteiger partial charge in [0.2, 0.25) is 0 Å². The molecule has 2 rings (SSSR count). The van der Waals surface area contributed by atoms with Gasteiger partial charge in [-0.25, -0.2) is 5.32 Å². The van der Waals surface area contributed by atoms with Gasteiger partial charge in [-0.2, -0.15) is 0 Å². The van der Waals surface area contributed by atoms with E-state index in [-0.39, 0.29) is 5.72 Å². The van der Waals surface area contributed by atoms with Crippen LogP contribution < -0.4 is 5.32 Å². The summed E-state index contributed by atoms with van der Waals surface area (Å²) >= 11 is 0. The standard InChI is InChI=1S/C14H20NO/c1-2-3-12-16-14(10-7-11-15-14)13-8-5-4-6-9-13/h4-6,8-9H,2-3,7,10-12H2,1H3. The van der Waals surface area contributed by atoms with Crippen LogP contribution in [0.15, 0.2) is 30.3 Å². The summed E-state index contributed by atoms with van der Waals surface area (Å²) in [4.78, 5) is 0. The van der Waals surface area contributed by atoms with E-state index < -0.39 is 0 Å². The smallest absolute Gasteiger partial charge is 0.160 e. The summed E-state index contributed by atoms with van der Waals surface area (Å²) in [5, 5.41) is 4.69. The second kappa shape index (κ2) is 5.46. The molecule has 0 saturated carbocycles. The molecule has 0 aliphatic carbocycles. The Morgan fingerprint density at radius 3 is 2.75 bits per heavy atom. The molecule has 1 aromatic carbocycles. The molecule has 1 atom stereocenters. The van der Waals surface area contributed by atoms with Gasteiger partial charge < -0.3 is 4.74 Å². The lowest BCUT2D eigenvalue weighted by Crippen LogP contribution is -2.35. The molecule has 87 valence electrons. The zero-order chi connectivity index (χ0) is 11.3. The van der Waals surface area contributed by atoms with Gasteiger partial charge in [0.15, 0.2) is 5.72 Å². The van der Waals surface area contributed by atoms with Crippen molar-refractivity contribution >= 4 is 0 Å². The van der Waals surface area contributed by atoms with Gasteiger partial charge in [-0.3, -0.25) is 0 Å². The SMILES string of the molecule is CCCCOC1(c2ccccc2)CCC[N]1. The lowest BCUT2D eigenvalue weighted by molar-refractivity contribution is -0.0669. The van der Waals surface area contributed by atoms with Crippen molar-refractivity contribution in [3.63, 3.8) is 0 Å². The van der Waals surface area contributed by atoms with Crippen LogP contribution in [-0.2, 0) is 10.5 Å². The molecule has 2 heteroatoms. The lowest BCUT2D eigenvalue weighted by atomic mass is 10.0. The summed E-state index contributed by atoms with van der Waals surface area (Å²) in [5.74, 6) is 0. The van der Waals surface area contributed by atoms with Crippen molar-refractivity contribution in [2.24, 2.45) is 0 Å². The van der Waals surface area contributed by atoms with Gasteiger partial charge in [-0.15, -0.1) is 0 Å². The maximum atomic E-state index is 6.05. The molecule has 0 spiro atoms. The predicted molar refractivity (Wildman–Crippen MR) is 65.2 cm³/mol. The predicted octanol–water partition coefficient (Wildman–Crippen LogP) is 3.05. The van der Waals surface area contributed by atoms with Crippen LogP contribution in [0.4, 0.5) is 0 Å². The largest absolute Gasteiger partial charge is 0.355 e. The average Bonchev–Trinajstić information content (AvgIpc) is 2.81. The Balaban J connectivity index is 2.09. The molecule has 1 fully saturated rings. The highest BCUT2D eigenvalue weighted by atomic mass is 16.5. The number of unbranched alkanes of at least 4 members (excludes halogenated alkanes) is 1. The Kier molecular flexibility index (Phi) is 3.97. The number of nitrogens with zero attached hydrogens (tertiary/aromatic N) is 1. The van der Waals surface area contributed by atoms with E-state index in [9.17, 15) is 0 Å². The first-order valence-corrected chi connectivity index (χ1v) is 6.25. The molecule has 1 aliphatic heterocycles. The Morgan fingerprint density at radius 1 is 1.31 bits per heavy atom. The molecule has 0 amide bonds. The highest BCUT2D eigenvalue weighted by Gasteiger charge is 2.37. The van der Waals surface area contributed by atoms with Gasteiger partial charge in [0.25, 0.3) is 0 Å². The molecule has 1 aliphatic rings. The normalized spacial score (nSPS) is 24.8. The maximum absolute atomic E-state index is 6.05. The number of rotatable bonds is 5. The first-order chi connectivity index (χ1) is 7.87. The van der Waals surface area contributed by atoms with Crippen LogP contribution in [0.3, 0.4) is 0 Å². The minimum Gasteiger partial charge on any atom is -0.355 e. The molecule has 1 unspecified atom stereocenters. The van der Waals surface area contributed by atoms with Crippen molar-refractivity contribution in [3.05, 3.63) is 35.9 Å². The van der Waals surface area contributed by atoms with Crippen LogP contribution in [-0.4, -0.2) is 13.2 Å². The van der Waals surface area contributed by atoms with E-state index in [0.717, 1.165) is 32.4 Å². The van der Waals surface area contributed by atoms with Crippen molar-refractivity contribution in [2.75, 3.05) is 13.2 Å². The van der Waals surface area contributed by atoms with Crippen LogP contribution in [0, 0.1) is 0 Å². The van der Waals surface area contributed by atoms with E-state index >= 15 is 0 Å². The Morgan fingerprint density at radius 2 is 2.12 bits per heavy atom. The average molecular weight is 218 g/mol. The van der Waals surface area contributed by atoms with Gasteiger partial charge in [0.05, 0.1) is 0 Å². The van der Waals surface area contributed by atoms with Crippen LogP contribution in [0.5, 0.6) is 0 Å². The highest BCUT2D eigenvalue weighted by Crippen LogP contribution is 2.33. The second-order valence-electron chi connectivity index (χ2n) is 4.34. The van der Waals surface area contributed by atoms with E-state index in [1.165, 1.54) is 12.0 Å². The fourth-order valence-corrected chi connectivity index (χ4v) is 2.18. The second-order valence-corrected chi connectivity index (χ2v) is 4.34. The Bertz CT molecular complexity index is 304. The van der Waals surface area contributed by atoms with Gasteiger partial charge in [-0.1, -0.05) is 43.7 Å². The Labute approximate surface area is 98.0 Å². The molecule has 1 radical (unpaired) electrons. The van der Waals surface area contributed by atoms with Crippen molar-refractivity contribution in [2.45, 2.75) is 38.3 Å². The quantitative estimate of drug-likeness (QED) is 0.697. The minimum absolute atomic E-state index is 0.337. The third kappa shape index (κ3) is 2.45. The zero-order valence-corrected chi connectivity index (χ0v) is 9.98. The molecule has 0 aromatic heterocycles. The molecule has 1 heterocycles. The van der Waals surface area contributed by atoms with Gasteiger partial charge in [0, 0.05) is 13.2 Å². The van der Waals surface area contributed by atoms with Gasteiger partial charge in [0.1, 0.15) is 0 Å². The van der Waals surface area contributed by atoms with Gasteiger partial charge in [-0.05, 0) is 24.8 Å². The summed E-state index contributed by atoms with van der Waals surface area (Å²) in [5.41, 5.74) is 0.875. The van der Waals surface area contributed by atoms with Gasteiger partial charge >= 0.3 is 0 Å². The Hall–Kier alpha value is -0.860. The summed E-state index contributed by atoms with van der Waals surface area (Å²) < 4.78 is 6.05. The van der Waals surface area contributed by atoms with E-state index in [2.05, 4.69) is 36.5 Å². The third-order valence-electron chi connectivity index (χ3n) is 3.10. The van der Waals surface area contributed by atoms with Crippen LogP contribution in [0.2, 0.25) is 0 Å². The summed E-state index contributed by atoms with van der Waals surface area (Å²) in [7, 11) is 0. The van der Waals surface area contributed by atoms with Crippen LogP contribution >= 0.6 is 0 Å². The number of hydrogen-bond donors (Lipinski definition) is 0. The van der Waals surface area contributed by atoms with Crippen LogP contribution in [0.25, 0.3) is 0 Å². The van der Waals surface area contributed by atoms with Crippen molar-refractivity contribution in [3.8, 4) is 0 Å². The van der Waals surface area contributed by atoms with Crippen molar-refractivity contribution in [1.29, 1.82) is 0 Å².